The number of aromatic nitrogens is 1. The van der Waals surface area contributed by atoms with Gasteiger partial charge in [-0.1, -0.05) is 28.1 Å². The van der Waals surface area contributed by atoms with E-state index < -0.39 is 0 Å². The number of halogens is 1. The van der Waals surface area contributed by atoms with Crippen molar-refractivity contribution in [1.82, 2.24) is 10.3 Å². The monoisotopic (exact) mass is 362 g/mol. The molecule has 4 heteroatoms. The Bertz CT molecular complexity index is 648. The van der Waals surface area contributed by atoms with Crippen molar-refractivity contribution in [3.05, 3.63) is 39.3 Å². The van der Waals surface area contributed by atoms with Crippen molar-refractivity contribution in [3.63, 3.8) is 0 Å². The molecule has 2 aliphatic rings. The Morgan fingerprint density at radius 1 is 1.29 bits per heavy atom. The van der Waals surface area contributed by atoms with Crippen LogP contribution in [0.3, 0.4) is 0 Å². The number of nitrogens with one attached hydrogen (secondary N) is 1. The van der Waals surface area contributed by atoms with Gasteiger partial charge in [-0.05, 0) is 44.2 Å². The summed E-state index contributed by atoms with van der Waals surface area (Å²) in [6, 6.07) is 9.28. The Morgan fingerprint density at radius 2 is 2.19 bits per heavy atom. The topological polar surface area (TPSA) is 24.9 Å². The first-order valence-corrected chi connectivity index (χ1v) is 9.39. The average Bonchev–Trinajstić information content (AvgIpc) is 3.21. The van der Waals surface area contributed by atoms with E-state index in [0.29, 0.717) is 5.92 Å². The summed E-state index contributed by atoms with van der Waals surface area (Å²) in [7, 11) is 0. The molecule has 0 aliphatic heterocycles. The minimum Gasteiger partial charge on any atom is -0.313 e. The third kappa shape index (κ3) is 3.08. The van der Waals surface area contributed by atoms with E-state index in [1.165, 1.54) is 53.2 Å². The lowest BCUT2D eigenvalue weighted by atomic mass is 9.91. The molecule has 1 fully saturated rings. The van der Waals surface area contributed by atoms with Gasteiger partial charge in [0.25, 0.3) is 0 Å². The van der Waals surface area contributed by atoms with Crippen LogP contribution in [-0.2, 0) is 6.42 Å². The lowest BCUT2D eigenvalue weighted by Crippen LogP contribution is -2.25. The number of hydrogen-bond donors (Lipinski definition) is 1. The van der Waals surface area contributed by atoms with Gasteiger partial charge in [-0.2, -0.15) is 0 Å². The molecule has 0 spiro atoms. The molecule has 2 aromatic rings. The molecular formula is C17H19BrN2S. The summed E-state index contributed by atoms with van der Waals surface area (Å²) in [6.07, 6.45) is 6.53. The summed E-state index contributed by atoms with van der Waals surface area (Å²) in [5.41, 5.74) is 2.60. The fourth-order valence-corrected chi connectivity index (χ4v) is 4.63. The second kappa shape index (κ2) is 5.82. The van der Waals surface area contributed by atoms with Crippen molar-refractivity contribution >= 4 is 27.3 Å². The van der Waals surface area contributed by atoms with Gasteiger partial charge >= 0.3 is 0 Å². The summed E-state index contributed by atoms with van der Waals surface area (Å²) in [6.45, 7) is 1.11. The first-order chi connectivity index (χ1) is 10.3. The fraction of sp³-hybridized carbons (Fsp3) is 0.471. The molecule has 2 nitrogen and oxygen atoms in total. The maximum atomic E-state index is 5.00. The van der Waals surface area contributed by atoms with Crippen LogP contribution in [0.2, 0.25) is 0 Å². The Morgan fingerprint density at radius 3 is 3.00 bits per heavy atom. The van der Waals surface area contributed by atoms with Crippen LogP contribution in [0.25, 0.3) is 10.6 Å². The van der Waals surface area contributed by atoms with Crippen LogP contribution in [-0.4, -0.2) is 17.6 Å². The molecule has 1 saturated carbocycles. The van der Waals surface area contributed by atoms with Crippen molar-refractivity contribution in [3.8, 4) is 10.6 Å². The first kappa shape index (κ1) is 13.9. The first-order valence-electron chi connectivity index (χ1n) is 7.78. The number of rotatable bonds is 4. The molecule has 4 rings (SSSR count). The van der Waals surface area contributed by atoms with Crippen LogP contribution in [0.15, 0.2) is 28.7 Å². The van der Waals surface area contributed by atoms with E-state index >= 15 is 0 Å². The van der Waals surface area contributed by atoms with Crippen LogP contribution in [0.1, 0.15) is 42.2 Å². The second-order valence-corrected chi connectivity index (χ2v) is 8.11. The predicted octanol–water partition coefficient (Wildman–Crippen LogP) is 4.74. The highest BCUT2D eigenvalue weighted by Crippen LogP contribution is 2.38. The summed E-state index contributed by atoms with van der Waals surface area (Å²) < 4.78 is 1.13. The van der Waals surface area contributed by atoms with Crippen molar-refractivity contribution < 1.29 is 0 Å². The molecule has 0 bridgehead atoms. The smallest absolute Gasteiger partial charge is 0.123 e. The zero-order chi connectivity index (χ0) is 14.2. The van der Waals surface area contributed by atoms with E-state index in [2.05, 4.69) is 45.5 Å². The Labute approximate surface area is 138 Å². The zero-order valence-corrected chi connectivity index (χ0v) is 14.3. The van der Waals surface area contributed by atoms with E-state index in [4.69, 9.17) is 4.98 Å². The number of nitrogens with zero attached hydrogens (tertiary/aromatic N) is 1. The highest BCUT2D eigenvalue weighted by atomic mass is 79.9. The highest BCUT2D eigenvalue weighted by molar-refractivity contribution is 9.10. The van der Waals surface area contributed by atoms with Gasteiger partial charge in [-0.25, -0.2) is 4.98 Å². The Hall–Kier alpha value is -0.710. The van der Waals surface area contributed by atoms with E-state index in [0.717, 1.165) is 17.1 Å². The molecule has 0 radical (unpaired) electrons. The molecule has 2 aliphatic carbocycles. The molecule has 110 valence electrons. The quantitative estimate of drug-likeness (QED) is 0.848. The van der Waals surface area contributed by atoms with Gasteiger partial charge in [0.1, 0.15) is 5.01 Å². The Balaban J connectivity index is 1.60. The summed E-state index contributed by atoms with van der Waals surface area (Å²) in [5, 5.41) is 4.86. The van der Waals surface area contributed by atoms with Gasteiger partial charge in [0, 0.05) is 33.4 Å². The fourth-order valence-electron chi connectivity index (χ4n) is 3.05. The molecule has 0 saturated heterocycles. The standard InChI is InChI=1S/C17H19BrN2S/c18-13-5-1-3-11(9-13)17-20-16-12(10-19-14-7-8-14)4-2-6-15(16)21-17/h1,3,5,9,12,14,19H,2,4,6-8,10H2. The molecule has 1 aromatic heterocycles. The lowest BCUT2D eigenvalue weighted by molar-refractivity contribution is 0.500. The minimum atomic E-state index is 0.617. The van der Waals surface area contributed by atoms with Crippen LogP contribution in [0.5, 0.6) is 0 Å². The van der Waals surface area contributed by atoms with Gasteiger partial charge in [-0.15, -0.1) is 11.3 Å². The van der Waals surface area contributed by atoms with E-state index in [9.17, 15) is 0 Å². The normalized spacial score (nSPS) is 21.3. The number of thiazole rings is 1. The third-order valence-electron chi connectivity index (χ3n) is 4.37. The van der Waals surface area contributed by atoms with Crippen LogP contribution in [0.4, 0.5) is 0 Å². The van der Waals surface area contributed by atoms with Gasteiger partial charge in [-0.3, -0.25) is 0 Å². The summed E-state index contributed by atoms with van der Waals surface area (Å²) in [5.74, 6) is 0.617. The predicted molar refractivity (Wildman–Crippen MR) is 92.0 cm³/mol. The van der Waals surface area contributed by atoms with Crippen molar-refractivity contribution in [2.24, 2.45) is 0 Å². The number of aryl methyl sites for hydroxylation is 1. The third-order valence-corrected chi connectivity index (χ3v) is 6.05. The molecule has 1 unspecified atom stereocenters. The Kier molecular flexibility index (Phi) is 3.86. The van der Waals surface area contributed by atoms with Crippen LogP contribution < -0.4 is 5.32 Å². The van der Waals surface area contributed by atoms with Gasteiger partial charge in [0.15, 0.2) is 0 Å². The summed E-state index contributed by atoms with van der Waals surface area (Å²) >= 11 is 5.45. The molecule has 0 amide bonds. The van der Waals surface area contributed by atoms with Gasteiger partial charge in [0.2, 0.25) is 0 Å². The highest BCUT2D eigenvalue weighted by Gasteiger charge is 2.27. The van der Waals surface area contributed by atoms with Crippen LogP contribution in [0, 0.1) is 0 Å². The molecule has 1 atom stereocenters. The van der Waals surface area contributed by atoms with E-state index in [1.54, 1.807) is 0 Å². The van der Waals surface area contributed by atoms with Gasteiger partial charge in [0.05, 0.1) is 5.69 Å². The SMILES string of the molecule is Brc1cccc(-c2nc3c(s2)CCCC3CNC2CC2)c1. The number of fused-ring (bicyclic) bond motifs is 1. The second-order valence-electron chi connectivity index (χ2n) is 6.11. The van der Waals surface area contributed by atoms with E-state index in [-0.39, 0.29) is 0 Å². The number of benzene rings is 1. The molecule has 1 heterocycles. The van der Waals surface area contributed by atoms with E-state index in [1.807, 2.05) is 11.3 Å². The van der Waals surface area contributed by atoms with Crippen molar-refractivity contribution in [1.29, 1.82) is 0 Å². The van der Waals surface area contributed by atoms with Gasteiger partial charge < -0.3 is 5.32 Å². The molecular weight excluding hydrogens is 344 g/mol. The zero-order valence-electron chi connectivity index (χ0n) is 11.9. The minimum absolute atomic E-state index is 0.617. The van der Waals surface area contributed by atoms with Crippen molar-refractivity contribution in [2.75, 3.05) is 6.54 Å². The molecule has 21 heavy (non-hydrogen) atoms. The average molecular weight is 363 g/mol. The molecule has 1 aromatic carbocycles. The maximum Gasteiger partial charge on any atom is 0.123 e. The van der Waals surface area contributed by atoms with Crippen molar-refractivity contribution in [2.45, 2.75) is 44.1 Å². The number of hydrogen-bond acceptors (Lipinski definition) is 3. The van der Waals surface area contributed by atoms with Crippen LogP contribution >= 0.6 is 27.3 Å². The lowest BCUT2D eigenvalue weighted by Gasteiger charge is -2.21. The largest absolute Gasteiger partial charge is 0.313 e. The molecule has 1 N–H and O–H groups in total. The maximum absolute atomic E-state index is 5.00. The summed E-state index contributed by atoms with van der Waals surface area (Å²) in [4.78, 5) is 6.51.